The summed E-state index contributed by atoms with van der Waals surface area (Å²) in [5, 5.41) is 0. The van der Waals surface area contributed by atoms with Crippen LogP contribution in [0.1, 0.15) is 71.1 Å². The van der Waals surface area contributed by atoms with Crippen molar-refractivity contribution in [2.75, 3.05) is 13.1 Å². The van der Waals surface area contributed by atoms with E-state index in [4.69, 9.17) is 5.73 Å². The number of rotatable bonds is 3. The fraction of sp³-hybridized carbons (Fsp3) is 1.00. The predicted octanol–water partition coefficient (Wildman–Crippen LogP) is 3.55. The Hall–Kier alpha value is -0.0800. The van der Waals surface area contributed by atoms with Gasteiger partial charge in [-0.15, -0.1) is 0 Å². The molecule has 2 aliphatic rings. The van der Waals surface area contributed by atoms with E-state index in [9.17, 15) is 0 Å². The lowest BCUT2D eigenvalue weighted by Gasteiger charge is -2.34. The van der Waals surface area contributed by atoms with Crippen LogP contribution in [0.3, 0.4) is 0 Å². The Balaban J connectivity index is 1.91. The first-order valence-electron chi connectivity index (χ1n) is 8.31. The number of nitrogens with two attached hydrogens (primary N) is 1. The molecule has 0 radical (unpaired) electrons. The van der Waals surface area contributed by atoms with Crippen LogP contribution in [0.25, 0.3) is 0 Å². The molecule has 2 N–H and O–H groups in total. The molecule has 1 heterocycles. The predicted molar refractivity (Wildman–Crippen MR) is 78.7 cm³/mol. The van der Waals surface area contributed by atoms with Gasteiger partial charge in [-0.2, -0.15) is 0 Å². The Morgan fingerprint density at radius 2 is 1.67 bits per heavy atom. The molecular formula is C16H32N2. The number of hydrogen-bond acceptors (Lipinski definition) is 2. The Morgan fingerprint density at radius 1 is 0.944 bits per heavy atom. The second kappa shape index (κ2) is 7.49. The maximum Gasteiger partial charge on any atom is 0.00927 e. The van der Waals surface area contributed by atoms with Crippen molar-refractivity contribution in [2.24, 2.45) is 11.7 Å². The monoisotopic (exact) mass is 252 g/mol. The van der Waals surface area contributed by atoms with Crippen LogP contribution in [-0.4, -0.2) is 30.1 Å². The molecule has 1 aliphatic heterocycles. The van der Waals surface area contributed by atoms with E-state index in [1.54, 1.807) is 0 Å². The third-order valence-corrected chi connectivity index (χ3v) is 5.16. The first kappa shape index (κ1) is 14.3. The van der Waals surface area contributed by atoms with Gasteiger partial charge in [-0.1, -0.05) is 39.0 Å². The van der Waals surface area contributed by atoms with Crippen LogP contribution >= 0.6 is 0 Å². The molecule has 0 bridgehead atoms. The summed E-state index contributed by atoms with van der Waals surface area (Å²) in [5.74, 6) is 0.764. The molecule has 18 heavy (non-hydrogen) atoms. The molecule has 106 valence electrons. The number of hydrogen-bond donors (Lipinski definition) is 1. The van der Waals surface area contributed by atoms with E-state index in [2.05, 4.69) is 11.8 Å². The van der Waals surface area contributed by atoms with Crippen molar-refractivity contribution in [1.29, 1.82) is 0 Å². The van der Waals surface area contributed by atoms with E-state index in [-0.39, 0.29) is 0 Å². The van der Waals surface area contributed by atoms with Gasteiger partial charge in [-0.3, -0.25) is 0 Å². The summed E-state index contributed by atoms with van der Waals surface area (Å²) in [6.07, 6.45) is 13.8. The highest BCUT2D eigenvalue weighted by atomic mass is 15.2. The average Bonchev–Trinajstić information content (AvgIpc) is 2.71. The molecule has 0 aromatic rings. The van der Waals surface area contributed by atoms with E-state index in [1.165, 1.54) is 77.3 Å². The van der Waals surface area contributed by atoms with Gasteiger partial charge in [0.25, 0.3) is 0 Å². The summed E-state index contributed by atoms with van der Waals surface area (Å²) in [7, 11) is 0. The minimum Gasteiger partial charge on any atom is -0.327 e. The normalized spacial score (nSPS) is 36.0. The van der Waals surface area contributed by atoms with Crippen LogP contribution in [0.15, 0.2) is 0 Å². The summed E-state index contributed by atoms with van der Waals surface area (Å²) in [6.45, 7) is 4.96. The zero-order chi connectivity index (χ0) is 12.8. The van der Waals surface area contributed by atoms with Crippen LogP contribution in [0.5, 0.6) is 0 Å². The molecule has 1 saturated carbocycles. The fourth-order valence-corrected chi connectivity index (χ4v) is 3.88. The maximum absolute atomic E-state index is 6.40. The van der Waals surface area contributed by atoms with Crippen LogP contribution in [0.4, 0.5) is 0 Å². The standard InChI is InChI=1S/C16H32N2/c1-2-15-10-6-4-8-12-18(15)13-14-9-5-3-7-11-16(14)17/h14-16H,2-13,17H2,1H3. The molecule has 0 amide bonds. The number of nitrogens with zero attached hydrogens (tertiary/aromatic N) is 1. The van der Waals surface area contributed by atoms with Crippen molar-refractivity contribution >= 4 is 0 Å². The van der Waals surface area contributed by atoms with Gasteiger partial charge >= 0.3 is 0 Å². The van der Waals surface area contributed by atoms with Crippen LogP contribution < -0.4 is 5.73 Å². The molecule has 0 aromatic carbocycles. The van der Waals surface area contributed by atoms with Gasteiger partial charge in [0.2, 0.25) is 0 Å². The van der Waals surface area contributed by atoms with Gasteiger partial charge in [0, 0.05) is 18.6 Å². The molecule has 1 saturated heterocycles. The van der Waals surface area contributed by atoms with Crippen molar-refractivity contribution in [3.8, 4) is 0 Å². The lowest BCUT2D eigenvalue weighted by atomic mass is 9.94. The van der Waals surface area contributed by atoms with Crippen molar-refractivity contribution < 1.29 is 0 Å². The maximum atomic E-state index is 6.40. The van der Waals surface area contributed by atoms with Gasteiger partial charge in [-0.05, 0) is 44.6 Å². The fourth-order valence-electron chi connectivity index (χ4n) is 3.88. The summed E-state index contributed by atoms with van der Waals surface area (Å²) >= 11 is 0. The Kier molecular flexibility index (Phi) is 5.97. The second-order valence-electron chi connectivity index (χ2n) is 6.47. The molecule has 2 heteroatoms. The molecule has 0 spiro atoms. The zero-order valence-corrected chi connectivity index (χ0v) is 12.2. The first-order chi connectivity index (χ1) is 8.81. The van der Waals surface area contributed by atoms with Crippen molar-refractivity contribution in [3.63, 3.8) is 0 Å². The van der Waals surface area contributed by atoms with E-state index < -0.39 is 0 Å². The Bertz CT molecular complexity index is 229. The summed E-state index contributed by atoms with van der Waals surface area (Å²) < 4.78 is 0. The summed E-state index contributed by atoms with van der Waals surface area (Å²) in [4.78, 5) is 2.78. The molecule has 2 fully saturated rings. The zero-order valence-electron chi connectivity index (χ0n) is 12.2. The molecule has 0 aromatic heterocycles. The minimum absolute atomic E-state index is 0.466. The van der Waals surface area contributed by atoms with Crippen LogP contribution in [0, 0.1) is 5.92 Å². The van der Waals surface area contributed by atoms with Crippen LogP contribution in [-0.2, 0) is 0 Å². The van der Waals surface area contributed by atoms with Gasteiger partial charge in [0.1, 0.15) is 0 Å². The summed E-state index contributed by atoms with van der Waals surface area (Å²) in [5.41, 5.74) is 6.40. The van der Waals surface area contributed by atoms with Gasteiger partial charge in [0.05, 0.1) is 0 Å². The van der Waals surface area contributed by atoms with E-state index in [0.29, 0.717) is 6.04 Å². The smallest absolute Gasteiger partial charge is 0.00927 e. The summed E-state index contributed by atoms with van der Waals surface area (Å²) in [6, 6.07) is 1.30. The van der Waals surface area contributed by atoms with Crippen molar-refractivity contribution in [2.45, 2.75) is 83.2 Å². The van der Waals surface area contributed by atoms with Gasteiger partial charge < -0.3 is 10.6 Å². The van der Waals surface area contributed by atoms with E-state index >= 15 is 0 Å². The molecule has 3 unspecified atom stereocenters. The minimum atomic E-state index is 0.466. The third-order valence-electron chi connectivity index (χ3n) is 5.16. The topological polar surface area (TPSA) is 29.3 Å². The van der Waals surface area contributed by atoms with Crippen molar-refractivity contribution in [1.82, 2.24) is 4.90 Å². The highest BCUT2D eigenvalue weighted by molar-refractivity contribution is 4.83. The molecule has 3 atom stereocenters. The van der Waals surface area contributed by atoms with E-state index in [1.807, 2.05) is 0 Å². The van der Waals surface area contributed by atoms with E-state index in [0.717, 1.165) is 12.0 Å². The highest BCUT2D eigenvalue weighted by Gasteiger charge is 2.26. The molecule has 2 nitrogen and oxygen atoms in total. The Morgan fingerprint density at radius 3 is 2.50 bits per heavy atom. The Labute approximate surface area is 113 Å². The van der Waals surface area contributed by atoms with Gasteiger partial charge in [-0.25, -0.2) is 0 Å². The lowest BCUT2D eigenvalue weighted by molar-refractivity contribution is 0.150. The molecular weight excluding hydrogens is 220 g/mol. The van der Waals surface area contributed by atoms with Crippen molar-refractivity contribution in [3.05, 3.63) is 0 Å². The number of likely N-dealkylation sites (tertiary alicyclic amines) is 1. The molecule has 1 aliphatic carbocycles. The largest absolute Gasteiger partial charge is 0.327 e. The third kappa shape index (κ3) is 3.96. The SMILES string of the molecule is CCC1CCCCCN1CC1CCCCCC1N. The quantitative estimate of drug-likeness (QED) is 0.778. The lowest BCUT2D eigenvalue weighted by Crippen LogP contribution is -2.43. The van der Waals surface area contributed by atoms with Gasteiger partial charge in [0.15, 0.2) is 0 Å². The van der Waals surface area contributed by atoms with Crippen LogP contribution in [0.2, 0.25) is 0 Å². The first-order valence-corrected chi connectivity index (χ1v) is 8.31. The second-order valence-corrected chi connectivity index (χ2v) is 6.47. The highest BCUT2D eigenvalue weighted by Crippen LogP contribution is 2.26. The molecule has 2 rings (SSSR count). The average molecular weight is 252 g/mol.